The molecule has 1 amide bonds. The van der Waals surface area contributed by atoms with Gasteiger partial charge in [-0.05, 0) is 37.3 Å². The lowest BCUT2D eigenvalue weighted by Crippen LogP contribution is -2.14. The summed E-state index contributed by atoms with van der Waals surface area (Å²) < 4.78 is 1.01. The van der Waals surface area contributed by atoms with E-state index in [9.17, 15) is 4.79 Å². The predicted octanol–water partition coefficient (Wildman–Crippen LogP) is 3.92. The molecule has 0 atom stereocenters. The highest BCUT2D eigenvalue weighted by Crippen LogP contribution is 2.26. The first kappa shape index (κ1) is 15.1. The van der Waals surface area contributed by atoms with Crippen LogP contribution in [0.1, 0.15) is 23.1 Å². The minimum absolute atomic E-state index is 0.0117. The Morgan fingerprint density at radius 3 is 2.90 bits per heavy atom. The smallest absolute Gasteiger partial charge is 0.229 e. The van der Waals surface area contributed by atoms with E-state index in [1.54, 1.807) is 23.1 Å². The number of carbonyl (C=O) groups is 1. The van der Waals surface area contributed by atoms with Gasteiger partial charge in [0.15, 0.2) is 0 Å². The van der Waals surface area contributed by atoms with Crippen molar-refractivity contribution in [1.29, 1.82) is 0 Å². The Bertz CT molecular complexity index is 608. The van der Waals surface area contributed by atoms with Crippen molar-refractivity contribution >= 4 is 34.7 Å². The normalized spacial score (nSPS) is 10.6. The van der Waals surface area contributed by atoms with E-state index < -0.39 is 0 Å². The van der Waals surface area contributed by atoms with Gasteiger partial charge in [-0.2, -0.15) is 0 Å². The summed E-state index contributed by atoms with van der Waals surface area (Å²) in [6, 6.07) is 7.97. The van der Waals surface area contributed by atoms with Crippen LogP contribution in [-0.4, -0.2) is 17.1 Å². The van der Waals surface area contributed by atoms with E-state index in [-0.39, 0.29) is 5.91 Å². The molecule has 2 aromatic rings. The minimum Gasteiger partial charge on any atom is -0.326 e. The maximum absolute atomic E-state index is 12.1. The maximum atomic E-state index is 12.1. The molecule has 2 rings (SSSR count). The molecule has 0 unspecified atom stereocenters. The molecule has 0 radical (unpaired) electrons. The molecule has 0 saturated heterocycles. The van der Waals surface area contributed by atoms with Crippen molar-refractivity contribution in [1.82, 2.24) is 4.98 Å². The van der Waals surface area contributed by atoms with E-state index in [4.69, 9.17) is 0 Å². The molecule has 0 bridgehead atoms. The highest BCUT2D eigenvalue weighted by molar-refractivity contribution is 8.00. The number of nitrogens with zero attached hydrogens (tertiary/aromatic N) is 1. The van der Waals surface area contributed by atoms with Gasteiger partial charge in [0.25, 0.3) is 0 Å². The summed E-state index contributed by atoms with van der Waals surface area (Å²) in [7, 11) is 0. The van der Waals surface area contributed by atoms with Crippen LogP contribution < -0.4 is 5.32 Å². The monoisotopic (exact) mass is 306 g/mol. The number of aryl methyl sites for hydroxylation is 2. The average Bonchev–Trinajstić information content (AvgIpc) is 2.79. The van der Waals surface area contributed by atoms with Crippen molar-refractivity contribution in [3.63, 3.8) is 0 Å². The lowest BCUT2D eigenvalue weighted by Gasteiger charge is -2.06. The zero-order valence-corrected chi connectivity index (χ0v) is 13.5. The molecule has 1 aromatic carbocycles. The molecule has 0 aliphatic rings. The molecular weight excluding hydrogens is 288 g/mol. The molecule has 1 heterocycles. The summed E-state index contributed by atoms with van der Waals surface area (Å²) >= 11 is 3.21. The largest absolute Gasteiger partial charge is 0.326 e. The fourth-order valence-electron chi connectivity index (χ4n) is 1.87. The molecule has 106 valence electrons. The number of thiazole rings is 1. The lowest BCUT2D eigenvalue weighted by molar-refractivity contribution is -0.115. The number of rotatable bonds is 5. The van der Waals surface area contributed by atoms with Gasteiger partial charge < -0.3 is 5.32 Å². The second-order valence-corrected chi connectivity index (χ2v) is 6.61. The zero-order valence-electron chi connectivity index (χ0n) is 11.9. The Morgan fingerprint density at radius 1 is 1.45 bits per heavy atom. The molecule has 0 aliphatic carbocycles. The van der Waals surface area contributed by atoms with E-state index in [1.807, 2.05) is 31.4 Å². The van der Waals surface area contributed by atoms with E-state index in [0.717, 1.165) is 27.0 Å². The second-order valence-electron chi connectivity index (χ2n) is 4.47. The van der Waals surface area contributed by atoms with Gasteiger partial charge in [0.1, 0.15) is 4.34 Å². The fraction of sp³-hybridized carbons (Fsp3) is 0.333. The van der Waals surface area contributed by atoms with Crippen molar-refractivity contribution in [3.05, 3.63) is 40.4 Å². The molecule has 0 aliphatic heterocycles. The molecule has 0 fully saturated rings. The third-order valence-electron chi connectivity index (χ3n) is 2.99. The van der Waals surface area contributed by atoms with Gasteiger partial charge in [-0.3, -0.25) is 4.79 Å². The number of aromatic nitrogens is 1. The van der Waals surface area contributed by atoms with Gasteiger partial charge in [0.2, 0.25) is 5.91 Å². The van der Waals surface area contributed by atoms with Gasteiger partial charge >= 0.3 is 0 Å². The number of carbonyl (C=O) groups excluding carboxylic acids is 1. The Kier molecular flexibility index (Phi) is 5.20. The fourth-order valence-corrected chi connectivity index (χ4v) is 3.53. The summed E-state index contributed by atoms with van der Waals surface area (Å²) in [5, 5.41) is 2.95. The van der Waals surface area contributed by atoms with E-state index >= 15 is 0 Å². The Hall–Kier alpha value is -1.33. The van der Waals surface area contributed by atoms with Gasteiger partial charge in [-0.15, -0.1) is 11.3 Å². The van der Waals surface area contributed by atoms with Crippen LogP contribution in [-0.2, 0) is 17.6 Å². The van der Waals surface area contributed by atoms with Crippen molar-refractivity contribution in [2.45, 2.75) is 31.0 Å². The highest BCUT2D eigenvalue weighted by Gasteiger charge is 2.11. The quantitative estimate of drug-likeness (QED) is 0.851. The molecule has 5 heteroatoms. The standard InChI is InChI=1S/C15H18N2OS2/c1-4-11-6-5-7-12(8-11)17-14(18)9-13-10(2)16-15(19-3)20-13/h5-8H,4,9H2,1-3H3,(H,17,18). The Morgan fingerprint density at radius 2 is 2.25 bits per heavy atom. The van der Waals surface area contributed by atoms with Crippen LogP contribution in [0.4, 0.5) is 5.69 Å². The molecule has 0 saturated carbocycles. The van der Waals surface area contributed by atoms with Crippen LogP contribution in [0.2, 0.25) is 0 Å². The number of amides is 1. The SMILES string of the molecule is CCc1cccc(NC(=O)Cc2sc(SC)nc2C)c1. The van der Waals surface area contributed by atoms with Gasteiger partial charge in [0.05, 0.1) is 12.1 Å². The number of thioether (sulfide) groups is 1. The first-order valence-electron chi connectivity index (χ1n) is 6.51. The first-order valence-corrected chi connectivity index (χ1v) is 8.55. The lowest BCUT2D eigenvalue weighted by atomic mass is 10.1. The minimum atomic E-state index is 0.0117. The number of nitrogens with one attached hydrogen (secondary N) is 1. The molecule has 0 spiro atoms. The van der Waals surface area contributed by atoms with E-state index in [0.29, 0.717) is 6.42 Å². The van der Waals surface area contributed by atoms with Crippen molar-refractivity contribution in [3.8, 4) is 0 Å². The summed E-state index contributed by atoms with van der Waals surface area (Å²) in [5.41, 5.74) is 3.04. The van der Waals surface area contributed by atoms with Gasteiger partial charge in [-0.1, -0.05) is 30.8 Å². The van der Waals surface area contributed by atoms with Crippen molar-refractivity contribution in [2.75, 3.05) is 11.6 Å². The Balaban J connectivity index is 2.02. The molecule has 20 heavy (non-hydrogen) atoms. The highest BCUT2D eigenvalue weighted by atomic mass is 32.2. The van der Waals surface area contributed by atoms with E-state index in [2.05, 4.69) is 23.3 Å². The third-order valence-corrected chi connectivity index (χ3v) is 5.13. The maximum Gasteiger partial charge on any atom is 0.229 e. The molecule has 1 N–H and O–H groups in total. The number of anilines is 1. The summed E-state index contributed by atoms with van der Waals surface area (Å²) in [6.07, 6.45) is 3.35. The van der Waals surface area contributed by atoms with Gasteiger partial charge in [0, 0.05) is 10.6 Å². The number of benzene rings is 1. The van der Waals surface area contributed by atoms with Crippen LogP contribution in [0.3, 0.4) is 0 Å². The first-order chi connectivity index (χ1) is 9.62. The van der Waals surface area contributed by atoms with Crippen molar-refractivity contribution in [2.24, 2.45) is 0 Å². The molecular formula is C15H18N2OS2. The van der Waals surface area contributed by atoms with Gasteiger partial charge in [-0.25, -0.2) is 4.98 Å². The number of hydrogen-bond acceptors (Lipinski definition) is 4. The number of hydrogen-bond donors (Lipinski definition) is 1. The zero-order chi connectivity index (χ0) is 14.5. The predicted molar refractivity (Wildman–Crippen MR) is 86.8 cm³/mol. The third kappa shape index (κ3) is 3.84. The van der Waals surface area contributed by atoms with E-state index in [1.165, 1.54) is 5.56 Å². The summed E-state index contributed by atoms with van der Waals surface area (Å²) in [5.74, 6) is 0.0117. The topological polar surface area (TPSA) is 42.0 Å². The van der Waals surface area contributed by atoms with Crippen LogP contribution in [0.25, 0.3) is 0 Å². The van der Waals surface area contributed by atoms with Crippen LogP contribution in [0.5, 0.6) is 0 Å². The molecule has 1 aromatic heterocycles. The second kappa shape index (κ2) is 6.90. The van der Waals surface area contributed by atoms with Crippen LogP contribution in [0, 0.1) is 6.92 Å². The summed E-state index contributed by atoms with van der Waals surface area (Å²) in [4.78, 5) is 17.6. The van der Waals surface area contributed by atoms with Crippen molar-refractivity contribution < 1.29 is 4.79 Å². The average molecular weight is 306 g/mol. The molecule has 3 nitrogen and oxygen atoms in total. The van der Waals surface area contributed by atoms with Crippen LogP contribution >= 0.6 is 23.1 Å². The Labute approximate surface area is 127 Å². The summed E-state index contributed by atoms with van der Waals surface area (Å²) in [6.45, 7) is 4.06. The van der Waals surface area contributed by atoms with Crippen LogP contribution in [0.15, 0.2) is 28.6 Å².